The minimum Gasteiger partial charge on any atom is -0.355 e. The molecule has 124 valence electrons. The summed E-state index contributed by atoms with van der Waals surface area (Å²) in [4.78, 5) is 11.8. The molecule has 0 fully saturated rings. The largest absolute Gasteiger partial charge is 0.355 e. The molecule has 1 heterocycles. The molecule has 2 aromatic rings. The van der Waals surface area contributed by atoms with Gasteiger partial charge in [-0.3, -0.25) is 4.79 Å². The summed E-state index contributed by atoms with van der Waals surface area (Å²) in [5.41, 5.74) is 0.599. The maximum atomic E-state index is 13.6. The monoisotopic (exact) mass is 400 g/mol. The molecule has 1 aromatic heterocycles. The van der Waals surface area contributed by atoms with Crippen LogP contribution in [0.15, 0.2) is 29.0 Å². The van der Waals surface area contributed by atoms with E-state index < -0.39 is 0 Å². The maximum absolute atomic E-state index is 13.6. The van der Waals surface area contributed by atoms with Gasteiger partial charge in [-0.1, -0.05) is 22.0 Å². The molecule has 0 radical (unpaired) electrons. The Balaban J connectivity index is 1.67. The number of carbonyl (C=O) groups is 1. The summed E-state index contributed by atoms with van der Waals surface area (Å²) in [6.45, 7) is 3.35. The lowest BCUT2D eigenvalue weighted by Gasteiger charge is -2.06. The molecule has 1 aromatic carbocycles. The molecule has 1 amide bonds. The van der Waals surface area contributed by atoms with Gasteiger partial charge in [0, 0.05) is 29.7 Å². The fourth-order valence-electron chi connectivity index (χ4n) is 1.99. The highest BCUT2D eigenvalue weighted by Crippen LogP contribution is 2.19. The van der Waals surface area contributed by atoms with E-state index in [9.17, 15) is 9.18 Å². The Kier molecular flexibility index (Phi) is 7.04. The molecule has 0 aliphatic rings. The molecular formula is C15H18BrFN4OS. The van der Waals surface area contributed by atoms with E-state index in [4.69, 9.17) is 0 Å². The van der Waals surface area contributed by atoms with Gasteiger partial charge in [-0.05, 0) is 24.6 Å². The van der Waals surface area contributed by atoms with Gasteiger partial charge >= 0.3 is 0 Å². The molecule has 0 aliphatic carbocycles. The second-order valence-corrected chi connectivity index (χ2v) is 6.76. The lowest BCUT2D eigenvalue weighted by Crippen LogP contribution is -2.28. The number of nitrogens with zero attached hydrogens (tertiary/aromatic N) is 3. The van der Waals surface area contributed by atoms with Crippen molar-refractivity contribution in [2.75, 3.05) is 12.3 Å². The van der Waals surface area contributed by atoms with Crippen LogP contribution in [0.2, 0.25) is 0 Å². The number of nitrogens with one attached hydrogen (secondary N) is 1. The first-order chi connectivity index (χ1) is 11.1. The molecule has 0 atom stereocenters. The molecule has 5 nitrogen and oxygen atoms in total. The van der Waals surface area contributed by atoms with Crippen molar-refractivity contribution in [3.05, 3.63) is 46.2 Å². The van der Waals surface area contributed by atoms with Crippen LogP contribution in [-0.2, 0) is 23.5 Å². The Morgan fingerprint density at radius 1 is 1.48 bits per heavy atom. The molecule has 0 spiro atoms. The highest BCUT2D eigenvalue weighted by atomic mass is 79.9. The zero-order valence-electron chi connectivity index (χ0n) is 12.8. The zero-order chi connectivity index (χ0) is 16.7. The second-order valence-electron chi connectivity index (χ2n) is 4.86. The quantitative estimate of drug-likeness (QED) is 0.739. The minimum absolute atomic E-state index is 0.0601. The molecular weight excluding hydrogens is 383 g/mol. The van der Waals surface area contributed by atoms with Crippen molar-refractivity contribution in [1.82, 2.24) is 20.1 Å². The summed E-state index contributed by atoms with van der Waals surface area (Å²) < 4.78 is 16.3. The van der Waals surface area contributed by atoms with Crippen molar-refractivity contribution >= 4 is 33.6 Å². The van der Waals surface area contributed by atoms with Crippen LogP contribution >= 0.6 is 27.7 Å². The fraction of sp³-hybridized carbons (Fsp3) is 0.400. The highest BCUT2D eigenvalue weighted by molar-refractivity contribution is 9.10. The van der Waals surface area contributed by atoms with Gasteiger partial charge in [0.2, 0.25) is 5.91 Å². The number of hydrogen-bond acceptors (Lipinski definition) is 4. The number of thioether (sulfide) groups is 1. The number of aryl methyl sites for hydroxylation is 1. The Bertz CT molecular complexity index is 665. The van der Waals surface area contributed by atoms with Crippen LogP contribution in [0.3, 0.4) is 0 Å². The lowest BCUT2D eigenvalue weighted by atomic mass is 10.2. The Labute approximate surface area is 147 Å². The zero-order valence-corrected chi connectivity index (χ0v) is 15.2. The third-order valence-corrected chi connectivity index (χ3v) is 4.69. The van der Waals surface area contributed by atoms with Crippen molar-refractivity contribution in [3.8, 4) is 0 Å². The van der Waals surface area contributed by atoms with E-state index in [1.807, 2.05) is 11.5 Å². The normalized spacial score (nSPS) is 10.7. The highest BCUT2D eigenvalue weighted by Gasteiger charge is 2.07. The van der Waals surface area contributed by atoms with Crippen molar-refractivity contribution in [2.24, 2.45) is 0 Å². The Hall–Kier alpha value is -1.41. The summed E-state index contributed by atoms with van der Waals surface area (Å²) in [7, 11) is 0. The number of amides is 1. The number of hydrogen-bond donors (Lipinski definition) is 1. The molecule has 0 aliphatic heterocycles. The molecule has 0 unspecified atom stereocenters. The van der Waals surface area contributed by atoms with Crippen LogP contribution in [0.4, 0.5) is 4.39 Å². The van der Waals surface area contributed by atoms with E-state index in [0.717, 1.165) is 12.4 Å². The van der Waals surface area contributed by atoms with Gasteiger partial charge in [0.05, 0.1) is 5.75 Å². The number of carbonyl (C=O) groups excluding carboxylic acids is 1. The van der Waals surface area contributed by atoms with Crippen LogP contribution in [0.5, 0.6) is 0 Å². The van der Waals surface area contributed by atoms with E-state index in [-0.39, 0.29) is 11.7 Å². The first-order valence-corrected chi connectivity index (χ1v) is 9.20. The van der Waals surface area contributed by atoms with Crippen molar-refractivity contribution < 1.29 is 9.18 Å². The van der Waals surface area contributed by atoms with E-state index in [0.29, 0.717) is 34.5 Å². The Morgan fingerprint density at radius 3 is 3.04 bits per heavy atom. The fourth-order valence-corrected chi connectivity index (χ4v) is 3.17. The van der Waals surface area contributed by atoms with E-state index >= 15 is 0 Å². The molecule has 8 heteroatoms. The second kappa shape index (κ2) is 9.02. The number of benzene rings is 1. The van der Waals surface area contributed by atoms with Crippen molar-refractivity contribution in [3.63, 3.8) is 0 Å². The number of rotatable bonds is 8. The maximum Gasteiger partial charge on any atom is 0.230 e. The van der Waals surface area contributed by atoms with Crippen LogP contribution in [0.25, 0.3) is 0 Å². The predicted octanol–water partition coefficient (Wildman–Crippen LogP) is 2.79. The predicted molar refractivity (Wildman–Crippen MR) is 92.7 cm³/mol. The smallest absolute Gasteiger partial charge is 0.230 e. The third kappa shape index (κ3) is 5.62. The summed E-state index contributed by atoms with van der Waals surface area (Å²) in [6, 6.07) is 4.95. The third-order valence-electron chi connectivity index (χ3n) is 3.21. The van der Waals surface area contributed by atoms with E-state index in [1.54, 1.807) is 18.5 Å². The van der Waals surface area contributed by atoms with Gasteiger partial charge in [0.1, 0.15) is 18.0 Å². The van der Waals surface area contributed by atoms with Gasteiger partial charge in [-0.2, -0.15) is 0 Å². The van der Waals surface area contributed by atoms with Crippen LogP contribution in [0, 0.1) is 5.82 Å². The molecule has 0 saturated carbocycles. The van der Waals surface area contributed by atoms with E-state index in [1.165, 1.54) is 17.8 Å². The number of halogens is 2. The van der Waals surface area contributed by atoms with Crippen LogP contribution < -0.4 is 5.32 Å². The average molecular weight is 401 g/mol. The van der Waals surface area contributed by atoms with Gasteiger partial charge in [-0.25, -0.2) is 4.39 Å². The summed E-state index contributed by atoms with van der Waals surface area (Å²) in [5.74, 6) is 1.31. The van der Waals surface area contributed by atoms with Gasteiger partial charge in [0.15, 0.2) is 0 Å². The topological polar surface area (TPSA) is 59.8 Å². The van der Waals surface area contributed by atoms with Crippen LogP contribution in [0.1, 0.15) is 18.3 Å². The first-order valence-electron chi connectivity index (χ1n) is 7.25. The Morgan fingerprint density at radius 2 is 2.30 bits per heavy atom. The van der Waals surface area contributed by atoms with E-state index in [2.05, 4.69) is 31.4 Å². The average Bonchev–Trinajstić information content (AvgIpc) is 2.97. The number of aromatic nitrogens is 3. The lowest BCUT2D eigenvalue weighted by molar-refractivity contribution is -0.118. The van der Waals surface area contributed by atoms with Gasteiger partial charge in [0.25, 0.3) is 0 Å². The molecule has 0 bridgehead atoms. The standard InChI is InChI=1S/C15H18BrFN4OS/c1-2-21-10-19-20-14(21)5-6-18-15(22)9-23-8-11-3-4-12(16)7-13(11)17/h3-4,7,10H,2,5-6,8-9H2,1H3,(H,18,22). The molecule has 2 rings (SSSR count). The van der Waals surface area contributed by atoms with Crippen LogP contribution in [-0.4, -0.2) is 33.0 Å². The van der Waals surface area contributed by atoms with Crippen molar-refractivity contribution in [1.29, 1.82) is 0 Å². The minimum atomic E-state index is -0.258. The first kappa shape index (κ1) is 17.9. The SMILES string of the molecule is CCn1cnnc1CCNC(=O)CSCc1ccc(Br)cc1F. The summed E-state index contributed by atoms with van der Waals surface area (Å²) in [5, 5.41) is 10.7. The summed E-state index contributed by atoms with van der Waals surface area (Å²) >= 11 is 4.61. The van der Waals surface area contributed by atoms with Gasteiger partial charge in [-0.15, -0.1) is 22.0 Å². The van der Waals surface area contributed by atoms with Gasteiger partial charge < -0.3 is 9.88 Å². The molecule has 23 heavy (non-hydrogen) atoms. The van der Waals surface area contributed by atoms with Crippen molar-refractivity contribution in [2.45, 2.75) is 25.6 Å². The molecule has 1 N–H and O–H groups in total. The molecule has 0 saturated heterocycles. The summed E-state index contributed by atoms with van der Waals surface area (Å²) in [6.07, 6.45) is 2.32.